The third-order valence-electron chi connectivity index (χ3n) is 1.98. The quantitative estimate of drug-likeness (QED) is 0.615. The van der Waals surface area contributed by atoms with Gasteiger partial charge in [0.2, 0.25) is 0 Å². The molecule has 4 unspecified atom stereocenters. The molecule has 4 atom stereocenters. The fraction of sp³-hybridized carbons (Fsp3) is 1.00. The lowest BCUT2D eigenvalue weighted by molar-refractivity contribution is -0.243. The van der Waals surface area contributed by atoms with E-state index in [0.29, 0.717) is 6.61 Å². The fourth-order valence-electron chi connectivity index (χ4n) is 1.37. The van der Waals surface area contributed by atoms with Crippen LogP contribution in [0.2, 0.25) is 0 Å². The molecular weight excluding hydrogens is 144 g/mol. The van der Waals surface area contributed by atoms with E-state index in [1.54, 1.807) is 6.92 Å². The largest absolute Gasteiger partial charge is 0.391 e. The molecule has 66 valence electrons. The van der Waals surface area contributed by atoms with E-state index in [4.69, 9.17) is 9.47 Å². The summed E-state index contributed by atoms with van der Waals surface area (Å²) in [5, 5.41) is 9.28. The first-order chi connectivity index (χ1) is 5.11. The van der Waals surface area contributed by atoms with Crippen LogP contribution < -0.4 is 0 Å². The summed E-state index contributed by atoms with van der Waals surface area (Å²) in [6, 6.07) is 0. The average Bonchev–Trinajstić information content (AvgIpc) is 1.94. The van der Waals surface area contributed by atoms with Crippen LogP contribution in [0.25, 0.3) is 0 Å². The van der Waals surface area contributed by atoms with Crippen LogP contribution in [0.15, 0.2) is 0 Å². The lowest BCUT2D eigenvalue weighted by Gasteiger charge is -2.34. The van der Waals surface area contributed by atoms with Crippen molar-refractivity contribution in [2.75, 3.05) is 6.61 Å². The maximum Gasteiger partial charge on any atom is 0.155 e. The van der Waals surface area contributed by atoms with Crippen LogP contribution in [0.1, 0.15) is 20.8 Å². The van der Waals surface area contributed by atoms with Crippen molar-refractivity contribution in [3.63, 3.8) is 0 Å². The summed E-state index contributed by atoms with van der Waals surface area (Å²) in [7, 11) is 0. The SMILES string of the molecule is CC1OCC(C)C(C(C)O)O1. The van der Waals surface area contributed by atoms with E-state index in [2.05, 4.69) is 0 Å². The zero-order valence-corrected chi connectivity index (χ0v) is 7.28. The van der Waals surface area contributed by atoms with Crippen molar-refractivity contribution in [2.24, 2.45) is 5.92 Å². The van der Waals surface area contributed by atoms with E-state index in [-0.39, 0.29) is 18.3 Å². The molecule has 1 saturated heterocycles. The van der Waals surface area contributed by atoms with Crippen molar-refractivity contribution in [3.8, 4) is 0 Å². The van der Waals surface area contributed by atoms with E-state index in [0.717, 1.165) is 0 Å². The van der Waals surface area contributed by atoms with Gasteiger partial charge in [0.1, 0.15) is 0 Å². The molecule has 0 bridgehead atoms. The Balaban J connectivity index is 2.47. The highest BCUT2D eigenvalue weighted by molar-refractivity contribution is 4.74. The molecule has 0 spiro atoms. The van der Waals surface area contributed by atoms with E-state index < -0.39 is 6.10 Å². The van der Waals surface area contributed by atoms with Gasteiger partial charge in [0, 0.05) is 5.92 Å². The first kappa shape index (κ1) is 8.97. The lowest BCUT2D eigenvalue weighted by Crippen LogP contribution is -2.43. The van der Waals surface area contributed by atoms with Crippen LogP contribution in [0.5, 0.6) is 0 Å². The third-order valence-corrected chi connectivity index (χ3v) is 1.98. The van der Waals surface area contributed by atoms with E-state index >= 15 is 0 Å². The molecule has 1 fully saturated rings. The molecule has 11 heavy (non-hydrogen) atoms. The second-order valence-electron chi connectivity index (χ2n) is 3.22. The van der Waals surface area contributed by atoms with Crippen molar-refractivity contribution in [3.05, 3.63) is 0 Å². The molecule has 1 aliphatic rings. The van der Waals surface area contributed by atoms with Crippen molar-refractivity contribution in [1.29, 1.82) is 0 Å². The van der Waals surface area contributed by atoms with Crippen molar-refractivity contribution < 1.29 is 14.6 Å². The molecule has 1 aliphatic heterocycles. The van der Waals surface area contributed by atoms with E-state index in [9.17, 15) is 5.11 Å². The molecule has 0 aromatic carbocycles. The number of hydrogen-bond acceptors (Lipinski definition) is 3. The molecule has 0 aromatic rings. The zero-order chi connectivity index (χ0) is 8.43. The first-order valence-corrected chi connectivity index (χ1v) is 4.06. The minimum Gasteiger partial charge on any atom is -0.391 e. The van der Waals surface area contributed by atoms with Crippen molar-refractivity contribution in [1.82, 2.24) is 0 Å². The zero-order valence-electron chi connectivity index (χ0n) is 7.28. The Morgan fingerprint density at radius 3 is 2.55 bits per heavy atom. The Hall–Kier alpha value is -0.120. The van der Waals surface area contributed by atoms with Gasteiger partial charge in [-0.25, -0.2) is 0 Å². The molecule has 1 N–H and O–H groups in total. The highest BCUT2D eigenvalue weighted by Gasteiger charge is 2.29. The predicted molar refractivity (Wildman–Crippen MR) is 41.1 cm³/mol. The Labute approximate surface area is 67.3 Å². The third kappa shape index (κ3) is 2.15. The molecule has 0 aromatic heterocycles. The Morgan fingerprint density at radius 1 is 1.45 bits per heavy atom. The van der Waals surface area contributed by atoms with Crippen LogP contribution in [-0.4, -0.2) is 30.2 Å². The van der Waals surface area contributed by atoms with E-state index in [1.807, 2.05) is 13.8 Å². The first-order valence-electron chi connectivity index (χ1n) is 4.06. The highest BCUT2D eigenvalue weighted by atomic mass is 16.7. The maximum absolute atomic E-state index is 9.28. The second kappa shape index (κ2) is 3.52. The molecular formula is C8H16O3. The van der Waals surface area contributed by atoms with Crippen molar-refractivity contribution in [2.45, 2.75) is 39.3 Å². The lowest BCUT2D eigenvalue weighted by atomic mass is 10.0. The molecule has 0 amide bonds. The van der Waals surface area contributed by atoms with Crippen LogP contribution in [0, 0.1) is 5.92 Å². The molecule has 3 heteroatoms. The summed E-state index contributed by atoms with van der Waals surface area (Å²) in [4.78, 5) is 0. The van der Waals surface area contributed by atoms with E-state index in [1.165, 1.54) is 0 Å². The molecule has 0 radical (unpaired) electrons. The monoisotopic (exact) mass is 160 g/mol. The minimum absolute atomic E-state index is 0.0706. The summed E-state index contributed by atoms with van der Waals surface area (Å²) in [5.74, 6) is 0.284. The maximum atomic E-state index is 9.28. The van der Waals surface area contributed by atoms with Crippen LogP contribution in [0.3, 0.4) is 0 Å². The molecule has 1 heterocycles. The standard InChI is InChI=1S/C8H16O3/c1-5-4-10-7(3)11-8(5)6(2)9/h5-9H,4H2,1-3H3. The normalized spacial score (nSPS) is 42.0. The van der Waals surface area contributed by atoms with Gasteiger partial charge in [-0.15, -0.1) is 0 Å². The van der Waals surface area contributed by atoms with Gasteiger partial charge >= 0.3 is 0 Å². The second-order valence-corrected chi connectivity index (χ2v) is 3.22. The summed E-state index contributed by atoms with van der Waals surface area (Å²) in [5.41, 5.74) is 0. The fourth-order valence-corrected chi connectivity index (χ4v) is 1.37. The van der Waals surface area contributed by atoms with Crippen LogP contribution in [-0.2, 0) is 9.47 Å². The number of hydrogen-bond donors (Lipinski definition) is 1. The predicted octanol–water partition coefficient (Wildman–Crippen LogP) is 0.765. The summed E-state index contributed by atoms with van der Waals surface area (Å²) in [6.45, 7) is 6.29. The van der Waals surface area contributed by atoms with Gasteiger partial charge in [-0.2, -0.15) is 0 Å². The van der Waals surface area contributed by atoms with Crippen molar-refractivity contribution >= 4 is 0 Å². The molecule has 0 saturated carbocycles. The molecule has 0 aliphatic carbocycles. The van der Waals surface area contributed by atoms with Crippen LogP contribution in [0.4, 0.5) is 0 Å². The Morgan fingerprint density at radius 2 is 2.09 bits per heavy atom. The number of ether oxygens (including phenoxy) is 2. The topological polar surface area (TPSA) is 38.7 Å². The minimum atomic E-state index is -0.406. The number of rotatable bonds is 1. The van der Waals surface area contributed by atoms with Gasteiger partial charge in [-0.05, 0) is 13.8 Å². The molecule has 3 nitrogen and oxygen atoms in total. The summed E-state index contributed by atoms with van der Waals surface area (Å²) < 4.78 is 10.6. The number of aliphatic hydroxyl groups is 1. The summed E-state index contributed by atoms with van der Waals surface area (Å²) in [6.07, 6.45) is -0.652. The highest BCUT2D eigenvalue weighted by Crippen LogP contribution is 2.20. The van der Waals surface area contributed by atoms with Gasteiger partial charge in [0.05, 0.1) is 18.8 Å². The van der Waals surface area contributed by atoms with Crippen LogP contribution >= 0.6 is 0 Å². The van der Waals surface area contributed by atoms with Gasteiger partial charge in [0.25, 0.3) is 0 Å². The number of aliphatic hydroxyl groups excluding tert-OH is 1. The van der Waals surface area contributed by atoms with Gasteiger partial charge in [0.15, 0.2) is 6.29 Å². The summed E-state index contributed by atoms with van der Waals surface area (Å²) >= 11 is 0. The molecule has 1 rings (SSSR count). The smallest absolute Gasteiger partial charge is 0.155 e. The van der Waals surface area contributed by atoms with Gasteiger partial charge in [-0.3, -0.25) is 0 Å². The van der Waals surface area contributed by atoms with Gasteiger partial charge < -0.3 is 14.6 Å². The average molecular weight is 160 g/mol. The Kier molecular flexibility index (Phi) is 2.87. The van der Waals surface area contributed by atoms with Gasteiger partial charge in [-0.1, -0.05) is 6.92 Å². The Bertz CT molecular complexity index is 125.